The molecule has 0 aliphatic rings. The van der Waals surface area contributed by atoms with Crippen molar-refractivity contribution in [3.05, 3.63) is 0 Å². The third-order valence-electron chi connectivity index (χ3n) is 2.49. The van der Waals surface area contributed by atoms with Crippen LogP contribution in [0.25, 0.3) is 0 Å². The Balaban J connectivity index is 3.36. The first-order valence-electron chi connectivity index (χ1n) is 5.00. The van der Waals surface area contributed by atoms with Crippen LogP contribution in [0, 0.1) is 0 Å². The maximum absolute atomic E-state index is 10.2. The predicted octanol–water partition coefficient (Wildman–Crippen LogP) is 1.97. The molecular formula is C10H21NO2. The summed E-state index contributed by atoms with van der Waals surface area (Å²) in [5, 5.41) is 8.42. The van der Waals surface area contributed by atoms with E-state index in [-0.39, 0.29) is 0 Å². The number of nitrogens with zero attached hydrogens (tertiary/aromatic N) is 1. The van der Waals surface area contributed by atoms with Gasteiger partial charge in [0.05, 0.1) is 0 Å². The summed E-state index contributed by atoms with van der Waals surface area (Å²) in [7, 11) is 2.09. The summed E-state index contributed by atoms with van der Waals surface area (Å²) < 4.78 is 0. The van der Waals surface area contributed by atoms with Gasteiger partial charge in [0, 0.05) is 12.5 Å². The second kappa shape index (κ2) is 6.89. The molecule has 0 amide bonds. The van der Waals surface area contributed by atoms with Crippen LogP contribution in [0.3, 0.4) is 0 Å². The van der Waals surface area contributed by atoms with Crippen molar-refractivity contribution < 1.29 is 9.90 Å². The Bertz CT molecular complexity index is 148. The molecule has 0 saturated heterocycles. The Labute approximate surface area is 80.7 Å². The van der Waals surface area contributed by atoms with E-state index >= 15 is 0 Å². The molecule has 1 N–H and O–H groups in total. The number of rotatable bonds is 7. The van der Waals surface area contributed by atoms with Gasteiger partial charge < -0.3 is 10.0 Å². The lowest BCUT2D eigenvalue weighted by Gasteiger charge is -2.23. The molecule has 0 aromatic rings. The number of carbonyl (C=O) groups is 1. The Kier molecular flexibility index (Phi) is 6.59. The number of hydrogen-bond donors (Lipinski definition) is 1. The molecule has 1 unspecified atom stereocenters. The molecular weight excluding hydrogens is 166 g/mol. The van der Waals surface area contributed by atoms with Gasteiger partial charge in [-0.15, -0.1) is 0 Å². The average Bonchev–Trinajstić information content (AvgIpc) is 2.10. The summed E-state index contributed by atoms with van der Waals surface area (Å²) in [4.78, 5) is 12.5. The van der Waals surface area contributed by atoms with Gasteiger partial charge in [-0.1, -0.05) is 6.92 Å². The van der Waals surface area contributed by atoms with Crippen LogP contribution in [0.1, 0.15) is 39.5 Å². The topological polar surface area (TPSA) is 40.5 Å². The van der Waals surface area contributed by atoms with Crippen molar-refractivity contribution in [1.82, 2.24) is 4.90 Å². The molecule has 0 aromatic carbocycles. The molecule has 1 atom stereocenters. The molecule has 0 saturated carbocycles. The normalized spacial score (nSPS) is 13.2. The molecule has 0 heterocycles. The smallest absolute Gasteiger partial charge is 0.303 e. The molecule has 0 aliphatic heterocycles. The highest BCUT2D eigenvalue weighted by Gasteiger charge is 2.05. The first-order chi connectivity index (χ1) is 6.07. The van der Waals surface area contributed by atoms with Gasteiger partial charge in [-0.3, -0.25) is 4.79 Å². The van der Waals surface area contributed by atoms with Crippen LogP contribution in [0.2, 0.25) is 0 Å². The van der Waals surface area contributed by atoms with Crippen LogP contribution in [0.4, 0.5) is 0 Å². The van der Waals surface area contributed by atoms with Crippen LogP contribution in [-0.4, -0.2) is 35.6 Å². The number of carboxylic acids is 1. The summed E-state index contributed by atoms with van der Waals surface area (Å²) >= 11 is 0. The van der Waals surface area contributed by atoms with Crippen molar-refractivity contribution in [2.75, 3.05) is 13.6 Å². The molecule has 0 radical (unpaired) electrons. The summed E-state index contributed by atoms with van der Waals surface area (Å²) in [5.41, 5.74) is 0. The zero-order valence-electron chi connectivity index (χ0n) is 8.92. The lowest BCUT2D eigenvalue weighted by Crippen LogP contribution is -2.29. The van der Waals surface area contributed by atoms with E-state index in [4.69, 9.17) is 5.11 Å². The highest BCUT2D eigenvalue weighted by Crippen LogP contribution is 2.03. The Morgan fingerprint density at radius 2 is 2.08 bits per heavy atom. The van der Waals surface area contributed by atoms with E-state index in [0.717, 1.165) is 25.8 Å². The van der Waals surface area contributed by atoms with Crippen molar-refractivity contribution in [3.63, 3.8) is 0 Å². The van der Waals surface area contributed by atoms with Crippen LogP contribution in [-0.2, 0) is 4.79 Å². The van der Waals surface area contributed by atoms with Gasteiger partial charge in [-0.05, 0) is 39.8 Å². The fourth-order valence-corrected chi connectivity index (χ4v) is 1.17. The molecule has 3 nitrogen and oxygen atoms in total. The minimum Gasteiger partial charge on any atom is -0.481 e. The molecule has 0 aliphatic carbocycles. The largest absolute Gasteiger partial charge is 0.481 e. The van der Waals surface area contributed by atoms with Gasteiger partial charge in [0.15, 0.2) is 0 Å². The zero-order valence-corrected chi connectivity index (χ0v) is 8.92. The highest BCUT2D eigenvalue weighted by atomic mass is 16.4. The van der Waals surface area contributed by atoms with Crippen molar-refractivity contribution in [3.8, 4) is 0 Å². The maximum Gasteiger partial charge on any atom is 0.303 e. The standard InChI is InChI=1S/C10H21NO2/c1-4-9(2)11(3)8-6-5-7-10(12)13/h9H,4-8H2,1-3H3,(H,12,13). The molecule has 0 bridgehead atoms. The molecule has 13 heavy (non-hydrogen) atoms. The monoisotopic (exact) mass is 187 g/mol. The first-order valence-corrected chi connectivity index (χ1v) is 5.00. The van der Waals surface area contributed by atoms with Gasteiger partial charge >= 0.3 is 5.97 Å². The van der Waals surface area contributed by atoms with E-state index in [1.54, 1.807) is 0 Å². The Morgan fingerprint density at radius 1 is 1.46 bits per heavy atom. The predicted molar refractivity (Wildman–Crippen MR) is 53.9 cm³/mol. The summed E-state index contributed by atoms with van der Waals surface area (Å²) in [6, 6.07) is 0.602. The van der Waals surface area contributed by atoms with Crippen LogP contribution in [0.5, 0.6) is 0 Å². The molecule has 78 valence electrons. The fourth-order valence-electron chi connectivity index (χ4n) is 1.17. The lowest BCUT2D eigenvalue weighted by molar-refractivity contribution is -0.137. The second-order valence-electron chi connectivity index (χ2n) is 3.59. The van der Waals surface area contributed by atoms with Gasteiger partial charge in [0.25, 0.3) is 0 Å². The van der Waals surface area contributed by atoms with Gasteiger partial charge in [-0.25, -0.2) is 0 Å². The van der Waals surface area contributed by atoms with E-state index in [2.05, 4.69) is 25.8 Å². The number of aliphatic carboxylic acids is 1. The van der Waals surface area contributed by atoms with Crippen molar-refractivity contribution in [1.29, 1.82) is 0 Å². The van der Waals surface area contributed by atoms with Crippen LogP contribution in [0.15, 0.2) is 0 Å². The highest BCUT2D eigenvalue weighted by molar-refractivity contribution is 5.66. The van der Waals surface area contributed by atoms with E-state index in [1.165, 1.54) is 0 Å². The quantitative estimate of drug-likeness (QED) is 0.619. The third kappa shape index (κ3) is 6.58. The van der Waals surface area contributed by atoms with Crippen molar-refractivity contribution >= 4 is 5.97 Å². The molecule has 0 fully saturated rings. The van der Waals surface area contributed by atoms with E-state index < -0.39 is 5.97 Å². The fraction of sp³-hybridized carbons (Fsp3) is 0.900. The molecule has 0 aromatic heterocycles. The molecule has 0 spiro atoms. The number of hydrogen-bond acceptors (Lipinski definition) is 2. The SMILES string of the molecule is CCC(C)N(C)CCCCC(=O)O. The minimum absolute atomic E-state index is 0.300. The average molecular weight is 187 g/mol. The van der Waals surface area contributed by atoms with Crippen molar-refractivity contribution in [2.24, 2.45) is 0 Å². The Morgan fingerprint density at radius 3 is 2.54 bits per heavy atom. The lowest BCUT2D eigenvalue weighted by atomic mass is 10.2. The first kappa shape index (κ1) is 12.4. The zero-order chi connectivity index (χ0) is 10.3. The summed E-state index contributed by atoms with van der Waals surface area (Å²) in [6.07, 6.45) is 3.22. The van der Waals surface area contributed by atoms with E-state index in [9.17, 15) is 4.79 Å². The Hall–Kier alpha value is -0.570. The number of carboxylic acid groups (broad SMARTS) is 1. The molecule has 0 rings (SSSR count). The van der Waals surface area contributed by atoms with E-state index in [1.807, 2.05) is 0 Å². The summed E-state index contributed by atoms with van der Waals surface area (Å²) in [6.45, 7) is 5.36. The van der Waals surface area contributed by atoms with Crippen LogP contribution >= 0.6 is 0 Å². The van der Waals surface area contributed by atoms with Gasteiger partial charge in [0.1, 0.15) is 0 Å². The molecule has 3 heteroatoms. The van der Waals surface area contributed by atoms with Gasteiger partial charge in [-0.2, -0.15) is 0 Å². The van der Waals surface area contributed by atoms with Crippen molar-refractivity contribution in [2.45, 2.75) is 45.6 Å². The second-order valence-corrected chi connectivity index (χ2v) is 3.59. The van der Waals surface area contributed by atoms with Crippen LogP contribution < -0.4 is 0 Å². The summed E-state index contributed by atoms with van der Waals surface area (Å²) in [5.74, 6) is -0.689. The van der Waals surface area contributed by atoms with E-state index in [0.29, 0.717) is 12.5 Å². The maximum atomic E-state index is 10.2. The minimum atomic E-state index is -0.689. The van der Waals surface area contributed by atoms with Gasteiger partial charge in [0.2, 0.25) is 0 Å². The number of unbranched alkanes of at least 4 members (excludes halogenated alkanes) is 1. The third-order valence-corrected chi connectivity index (χ3v) is 2.49.